The van der Waals surface area contributed by atoms with Gasteiger partial charge in [-0.05, 0) is 43.2 Å². The van der Waals surface area contributed by atoms with Crippen molar-refractivity contribution in [3.63, 3.8) is 0 Å². The van der Waals surface area contributed by atoms with Gasteiger partial charge in [-0.1, -0.05) is 49.3 Å². The first-order chi connectivity index (χ1) is 21.2. The molecule has 3 heterocycles. The molecule has 0 unspecified atom stereocenters. The quantitative estimate of drug-likeness (QED) is 0.428. The maximum absolute atomic E-state index is 13.9. The number of carbonyl (C=O) groups excluding carboxylic acids is 4. The van der Waals surface area contributed by atoms with E-state index in [0.29, 0.717) is 32.4 Å². The molecule has 0 aromatic heterocycles. The number of alkyl carbamates (subject to hydrolysis) is 1. The fourth-order valence-electron chi connectivity index (χ4n) is 6.33. The number of allylic oxidation sites excluding steroid dienone is 1. The van der Waals surface area contributed by atoms with Crippen molar-refractivity contribution in [2.75, 3.05) is 26.4 Å². The molecule has 13 heteroatoms. The van der Waals surface area contributed by atoms with Crippen molar-refractivity contribution in [3.05, 3.63) is 47.5 Å². The Kier molecular flexibility index (Phi) is 9.70. The Labute approximate surface area is 254 Å². The third-order valence-electron chi connectivity index (χ3n) is 8.88. The Bertz CT molecular complexity index is 1310. The van der Waals surface area contributed by atoms with Crippen LogP contribution in [0.1, 0.15) is 56.1 Å². The molecule has 238 valence electrons. The maximum Gasteiger partial charge on any atom is 0.410 e. The number of hydrogen-bond acceptors (Lipinski definition) is 7. The summed E-state index contributed by atoms with van der Waals surface area (Å²) in [4.78, 5) is 68.2. The summed E-state index contributed by atoms with van der Waals surface area (Å²) in [6.45, 7) is -0.634. The Morgan fingerprint density at radius 3 is 2.70 bits per heavy atom. The van der Waals surface area contributed by atoms with Crippen molar-refractivity contribution in [1.82, 2.24) is 20.4 Å². The second-order valence-electron chi connectivity index (χ2n) is 11.9. The summed E-state index contributed by atoms with van der Waals surface area (Å²) in [5.74, 6) is -2.80. The Hall–Kier alpha value is -4.16. The third-order valence-corrected chi connectivity index (χ3v) is 8.88. The van der Waals surface area contributed by atoms with E-state index in [0.717, 1.165) is 24.0 Å². The number of hydrogen-bond donors (Lipinski definition) is 3. The standard InChI is InChI=1S/C31H39FN4O8/c32-13-15-43-29(41)33-24-11-5-3-1-2-4-10-22-17-31(22,28(39)40)34-26(37)25-16-23(19-36(25)27(24)38)44-30(42)35-14-12-20-8-6-7-9-21(20)18-35/h4,6-10,22-25H,1-3,5,11-19H2,(H,33,41)(H,34,37)(H,39,40)/b10-4-/t22-,23-,24+,25+,31-/m1/s1. The van der Waals surface area contributed by atoms with E-state index in [9.17, 15) is 33.5 Å². The van der Waals surface area contributed by atoms with Crippen LogP contribution in [0.3, 0.4) is 0 Å². The highest BCUT2D eigenvalue weighted by Gasteiger charge is 2.61. The molecular formula is C31H39FN4O8. The SMILES string of the molecule is O=C(N[C@H]1CCCCC/C=C\[C@@H]2C[C@@]2(C(=O)O)NC(=O)[C@@H]2C[C@@H](OC(=O)N3CCc4ccccc4C3)CN2C1=O)OCCF. The van der Waals surface area contributed by atoms with Crippen LogP contribution in [0.5, 0.6) is 0 Å². The number of ether oxygens (including phenoxy) is 2. The third kappa shape index (κ3) is 6.97. The van der Waals surface area contributed by atoms with Gasteiger partial charge in [0.2, 0.25) is 11.8 Å². The van der Waals surface area contributed by atoms with Gasteiger partial charge in [0.1, 0.15) is 37.0 Å². The van der Waals surface area contributed by atoms with Crippen LogP contribution in [0.2, 0.25) is 0 Å². The van der Waals surface area contributed by atoms with E-state index in [1.54, 1.807) is 4.90 Å². The maximum atomic E-state index is 13.9. The van der Waals surface area contributed by atoms with Crippen LogP contribution >= 0.6 is 0 Å². The number of fused-ring (bicyclic) bond motifs is 3. The smallest absolute Gasteiger partial charge is 0.410 e. The van der Waals surface area contributed by atoms with E-state index < -0.39 is 67.0 Å². The van der Waals surface area contributed by atoms with Crippen molar-refractivity contribution in [2.45, 2.75) is 81.6 Å². The molecule has 12 nitrogen and oxygen atoms in total. The second-order valence-corrected chi connectivity index (χ2v) is 11.9. The van der Waals surface area contributed by atoms with Gasteiger partial charge in [0.15, 0.2) is 0 Å². The van der Waals surface area contributed by atoms with Gasteiger partial charge < -0.3 is 35.0 Å². The molecule has 4 amide bonds. The van der Waals surface area contributed by atoms with Crippen molar-refractivity contribution < 1.29 is 42.9 Å². The van der Waals surface area contributed by atoms with Gasteiger partial charge in [-0.25, -0.2) is 18.8 Å². The van der Waals surface area contributed by atoms with Gasteiger partial charge in [-0.2, -0.15) is 0 Å². The first-order valence-corrected chi connectivity index (χ1v) is 15.3. The first-order valence-electron chi connectivity index (χ1n) is 15.3. The van der Waals surface area contributed by atoms with Crippen molar-refractivity contribution in [2.24, 2.45) is 5.92 Å². The number of rotatable bonds is 5. The van der Waals surface area contributed by atoms with E-state index in [2.05, 4.69) is 10.6 Å². The Morgan fingerprint density at radius 2 is 1.93 bits per heavy atom. The normalized spacial score (nSPS) is 29.5. The summed E-state index contributed by atoms with van der Waals surface area (Å²) >= 11 is 0. The van der Waals surface area contributed by atoms with Crippen LogP contribution in [0.4, 0.5) is 14.0 Å². The number of alkyl halides is 1. The fourth-order valence-corrected chi connectivity index (χ4v) is 6.33. The Balaban J connectivity index is 1.35. The molecule has 0 spiro atoms. The van der Waals surface area contributed by atoms with E-state index in [1.807, 2.05) is 36.4 Å². The van der Waals surface area contributed by atoms with E-state index >= 15 is 0 Å². The summed E-state index contributed by atoms with van der Waals surface area (Å²) < 4.78 is 23.2. The minimum Gasteiger partial charge on any atom is -0.479 e. The van der Waals surface area contributed by atoms with Crippen LogP contribution in [0.15, 0.2) is 36.4 Å². The zero-order valence-electron chi connectivity index (χ0n) is 24.5. The highest BCUT2D eigenvalue weighted by molar-refractivity contribution is 5.96. The molecule has 2 fully saturated rings. The highest BCUT2D eigenvalue weighted by atomic mass is 19.1. The zero-order valence-corrected chi connectivity index (χ0v) is 24.5. The lowest BCUT2D eigenvalue weighted by molar-refractivity contribution is -0.145. The number of carbonyl (C=O) groups is 5. The van der Waals surface area contributed by atoms with Gasteiger partial charge in [0, 0.05) is 25.4 Å². The lowest BCUT2D eigenvalue weighted by Crippen LogP contribution is -2.56. The molecule has 3 N–H and O–H groups in total. The molecule has 0 radical (unpaired) electrons. The lowest BCUT2D eigenvalue weighted by Gasteiger charge is -2.30. The Morgan fingerprint density at radius 1 is 1.14 bits per heavy atom. The average molecular weight is 615 g/mol. The molecule has 5 atom stereocenters. The molecule has 1 aromatic rings. The molecule has 0 bridgehead atoms. The van der Waals surface area contributed by atoms with Gasteiger partial charge in [0.05, 0.1) is 6.54 Å². The van der Waals surface area contributed by atoms with E-state index in [4.69, 9.17) is 9.47 Å². The van der Waals surface area contributed by atoms with Crippen LogP contribution in [-0.4, -0.2) is 95.0 Å². The fraction of sp³-hybridized carbons (Fsp3) is 0.581. The zero-order chi connectivity index (χ0) is 31.3. The summed E-state index contributed by atoms with van der Waals surface area (Å²) in [6.07, 6.45) is 5.27. The molecule has 1 aliphatic carbocycles. The van der Waals surface area contributed by atoms with Gasteiger partial charge in [0.25, 0.3) is 0 Å². The lowest BCUT2D eigenvalue weighted by atomic mass is 10.0. The van der Waals surface area contributed by atoms with Crippen LogP contribution in [0.25, 0.3) is 0 Å². The highest BCUT2D eigenvalue weighted by Crippen LogP contribution is 2.45. The monoisotopic (exact) mass is 614 g/mol. The first kappa shape index (κ1) is 31.3. The number of carboxylic acids is 1. The van der Waals surface area contributed by atoms with Gasteiger partial charge >= 0.3 is 18.2 Å². The molecule has 1 saturated heterocycles. The summed E-state index contributed by atoms with van der Waals surface area (Å²) in [5, 5.41) is 15.2. The average Bonchev–Trinajstić information content (AvgIpc) is 3.55. The molecular weight excluding hydrogens is 575 g/mol. The number of halogens is 1. The largest absolute Gasteiger partial charge is 0.479 e. The molecule has 44 heavy (non-hydrogen) atoms. The number of amides is 4. The minimum atomic E-state index is -1.48. The van der Waals surface area contributed by atoms with Crippen molar-refractivity contribution in [3.8, 4) is 0 Å². The van der Waals surface area contributed by atoms with Crippen LogP contribution < -0.4 is 10.6 Å². The molecule has 3 aliphatic heterocycles. The predicted octanol–water partition coefficient (Wildman–Crippen LogP) is 2.69. The van der Waals surface area contributed by atoms with Crippen LogP contribution in [0, 0.1) is 5.92 Å². The van der Waals surface area contributed by atoms with E-state index in [1.165, 1.54) is 4.90 Å². The molecule has 5 rings (SSSR count). The van der Waals surface area contributed by atoms with Gasteiger partial charge in [-0.15, -0.1) is 0 Å². The van der Waals surface area contributed by atoms with Crippen molar-refractivity contribution in [1.29, 1.82) is 0 Å². The molecule has 1 saturated carbocycles. The summed E-state index contributed by atoms with van der Waals surface area (Å²) in [6, 6.07) is 5.61. The molecule has 1 aromatic carbocycles. The second kappa shape index (κ2) is 13.6. The summed E-state index contributed by atoms with van der Waals surface area (Å²) in [7, 11) is 0. The van der Waals surface area contributed by atoms with Crippen molar-refractivity contribution >= 4 is 30.0 Å². The number of carboxylic acid groups (broad SMARTS) is 1. The van der Waals surface area contributed by atoms with Crippen LogP contribution in [-0.2, 0) is 36.8 Å². The number of benzene rings is 1. The minimum absolute atomic E-state index is 0.0387. The summed E-state index contributed by atoms with van der Waals surface area (Å²) in [5.41, 5.74) is 0.700. The number of aliphatic carboxylic acids is 1. The molecule has 4 aliphatic rings. The predicted molar refractivity (Wildman–Crippen MR) is 154 cm³/mol. The van der Waals surface area contributed by atoms with Gasteiger partial charge in [-0.3, -0.25) is 9.59 Å². The van der Waals surface area contributed by atoms with E-state index in [-0.39, 0.29) is 31.7 Å². The topological polar surface area (TPSA) is 155 Å². The number of nitrogens with one attached hydrogen (secondary N) is 2. The number of nitrogens with zero attached hydrogens (tertiary/aromatic N) is 2.